The molecule has 6 heteroatoms. The van der Waals surface area contributed by atoms with Gasteiger partial charge in [0.05, 0.1) is 11.1 Å². The zero-order valence-electron chi connectivity index (χ0n) is 12.5. The van der Waals surface area contributed by atoms with E-state index < -0.39 is 6.04 Å². The highest BCUT2D eigenvalue weighted by atomic mass is 16.2. The molecule has 0 bridgehead atoms. The monoisotopic (exact) mass is 288 g/mol. The van der Waals surface area contributed by atoms with Gasteiger partial charge in [0.1, 0.15) is 6.04 Å². The summed E-state index contributed by atoms with van der Waals surface area (Å²) >= 11 is 0. The molecule has 6 nitrogen and oxygen atoms in total. The number of azo groups is 1. The van der Waals surface area contributed by atoms with Crippen LogP contribution < -0.4 is 0 Å². The average Bonchev–Trinajstić information content (AvgIpc) is 2.87. The molecule has 2 amide bonds. The van der Waals surface area contributed by atoms with Gasteiger partial charge in [0.15, 0.2) is 0 Å². The lowest BCUT2D eigenvalue weighted by Gasteiger charge is -2.33. The second-order valence-electron chi connectivity index (χ2n) is 5.92. The Hall–Kier alpha value is -1.98. The number of fused-ring (bicyclic) bond motifs is 1. The van der Waals surface area contributed by atoms with Gasteiger partial charge < -0.3 is 9.80 Å². The van der Waals surface area contributed by atoms with Crippen LogP contribution in [0, 0.1) is 5.92 Å². The largest absolute Gasteiger partial charge is 0.353 e. The Balaban J connectivity index is 1.86. The third-order valence-electron chi connectivity index (χ3n) is 4.27. The van der Waals surface area contributed by atoms with Gasteiger partial charge in [-0.05, 0) is 25.7 Å². The lowest BCUT2D eigenvalue weighted by atomic mass is 9.95. The number of amides is 2. The quantitative estimate of drug-likeness (QED) is 0.777. The normalized spacial score (nSPS) is 28.4. The van der Waals surface area contributed by atoms with Crippen LogP contribution in [0.3, 0.4) is 0 Å². The summed E-state index contributed by atoms with van der Waals surface area (Å²) in [5.74, 6) is 0.184. The zero-order chi connectivity index (χ0) is 15.0. The van der Waals surface area contributed by atoms with Crippen molar-refractivity contribution < 1.29 is 9.59 Å². The summed E-state index contributed by atoms with van der Waals surface area (Å²) in [5.41, 5.74) is 1.07. The first kappa shape index (κ1) is 14.0. The summed E-state index contributed by atoms with van der Waals surface area (Å²) < 4.78 is 0. The summed E-state index contributed by atoms with van der Waals surface area (Å²) in [4.78, 5) is 28.3. The SMILES string of the molecule is CCN1C=C2C(=O)N=NC2C(C(=O)N2CCCC(C)C2)=C1. The molecule has 0 N–H and O–H groups in total. The first-order valence-corrected chi connectivity index (χ1v) is 7.53. The van der Waals surface area contributed by atoms with Crippen molar-refractivity contribution in [2.45, 2.75) is 32.7 Å². The van der Waals surface area contributed by atoms with Gasteiger partial charge in [-0.25, -0.2) is 0 Å². The van der Waals surface area contributed by atoms with Crippen LogP contribution in [-0.2, 0) is 9.59 Å². The van der Waals surface area contributed by atoms with Gasteiger partial charge >= 0.3 is 0 Å². The van der Waals surface area contributed by atoms with Crippen LogP contribution in [0.1, 0.15) is 26.7 Å². The van der Waals surface area contributed by atoms with Gasteiger partial charge in [0, 0.05) is 32.0 Å². The molecule has 0 aromatic carbocycles. The molecule has 0 aliphatic carbocycles. The molecule has 21 heavy (non-hydrogen) atoms. The Morgan fingerprint density at radius 2 is 2.24 bits per heavy atom. The third-order valence-corrected chi connectivity index (χ3v) is 4.27. The summed E-state index contributed by atoms with van der Waals surface area (Å²) in [6.07, 6.45) is 5.76. The highest BCUT2D eigenvalue weighted by Gasteiger charge is 2.38. The van der Waals surface area contributed by atoms with E-state index in [9.17, 15) is 9.59 Å². The van der Waals surface area contributed by atoms with Crippen molar-refractivity contribution in [1.29, 1.82) is 0 Å². The van der Waals surface area contributed by atoms with Gasteiger partial charge in [-0.15, -0.1) is 5.11 Å². The van der Waals surface area contributed by atoms with Crippen LogP contribution in [-0.4, -0.2) is 47.3 Å². The third kappa shape index (κ3) is 2.50. The predicted molar refractivity (Wildman–Crippen MR) is 77.2 cm³/mol. The summed E-state index contributed by atoms with van der Waals surface area (Å²) in [7, 11) is 0. The fourth-order valence-corrected chi connectivity index (χ4v) is 3.08. The Bertz CT molecular complexity index is 564. The van der Waals surface area contributed by atoms with E-state index in [1.807, 2.05) is 22.9 Å². The second kappa shape index (κ2) is 5.42. The van der Waals surface area contributed by atoms with Gasteiger partial charge in [-0.2, -0.15) is 5.11 Å². The van der Waals surface area contributed by atoms with Gasteiger partial charge in [0.2, 0.25) is 0 Å². The van der Waals surface area contributed by atoms with E-state index in [1.165, 1.54) is 0 Å². The number of nitrogens with zero attached hydrogens (tertiary/aromatic N) is 4. The first-order valence-electron chi connectivity index (χ1n) is 7.53. The maximum absolute atomic E-state index is 12.8. The molecule has 2 unspecified atom stereocenters. The van der Waals surface area contributed by atoms with E-state index in [0.29, 0.717) is 23.6 Å². The van der Waals surface area contributed by atoms with Crippen LogP contribution in [0.25, 0.3) is 0 Å². The van der Waals surface area contributed by atoms with E-state index in [2.05, 4.69) is 17.2 Å². The van der Waals surface area contributed by atoms with Crippen LogP contribution in [0.15, 0.2) is 33.8 Å². The van der Waals surface area contributed by atoms with Gasteiger partial charge in [-0.3, -0.25) is 9.59 Å². The number of carbonyl (C=O) groups excluding carboxylic acids is 2. The summed E-state index contributed by atoms with van der Waals surface area (Å²) in [6.45, 7) is 6.41. The standard InChI is InChI=1S/C15H20N4O2/c1-3-18-8-11-13(16-17-14(11)20)12(9-18)15(21)19-6-4-5-10(2)7-19/h8-10,13H,3-7H2,1-2H3. The smallest absolute Gasteiger partial charge is 0.295 e. The van der Waals surface area contributed by atoms with Gasteiger partial charge in [0.25, 0.3) is 11.8 Å². The molecule has 0 aromatic rings. The van der Waals surface area contributed by atoms with E-state index in [-0.39, 0.29) is 11.8 Å². The van der Waals surface area contributed by atoms with Crippen LogP contribution in [0.5, 0.6) is 0 Å². The number of rotatable bonds is 2. The maximum atomic E-state index is 12.8. The molecule has 0 aromatic heterocycles. The van der Waals surface area contributed by atoms with Crippen LogP contribution >= 0.6 is 0 Å². The topological polar surface area (TPSA) is 65.3 Å². The molecule has 3 aliphatic rings. The summed E-state index contributed by atoms with van der Waals surface area (Å²) in [6, 6.07) is -0.509. The molecular weight excluding hydrogens is 268 g/mol. The lowest BCUT2D eigenvalue weighted by Crippen LogP contribution is -2.43. The number of piperidine rings is 1. The fraction of sp³-hybridized carbons (Fsp3) is 0.600. The van der Waals surface area contributed by atoms with Gasteiger partial charge in [-0.1, -0.05) is 6.92 Å². The highest BCUT2D eigenvalue weighted by molar-refractivity contribution is 6.03. The van der Waals surface area contributed by atoms with Crippen molar-refractivity contribution in [2.24, 2.45) is 16.1 Å². The predicted octanol–water partition coefficient (Wildman–Crippen LogP) is 1.71. The van der Waals surface area contributed by atoms with Crippen molar-refractivity contribution in [3.8, 4) is 0 Å². The van der Waals surface area contributed by atoms with E-state index in [1.54, 1.807) is 6.20 Å². The number of hydrogen-bond acceptors (Lipinski definition) is 4. The van der Waals surface area contributed by atoms with Crippen LogP contribution in [0.4, 0.5) is 0 Å². The minimum absolute atomic E-state index is 0.00995. The van der Waals surface area contributed by atoms with Crippen LogP contribution in [0.2, 0.25) is 0 Å². The van der Waals surface area contributed by atoms with Crippen molar-refractivity contribution in [2.75, 3.05) is 19.6 Å². The molecule has 3 heterocycles. The molecule has 1 saturated heterocycles. The molecule has 112 valence electrons. The molecule has 1 fully saturated rings. The molecule has 0 spiro atoms. The van der Waals surface area contributed by atoms with E-state index in [4.69, 9.17) is 0 Å². The lowest BCUT2D eigenvalue weighted by molar-refractivity contribution is -0.129. The molecule has 3 aliphatic heterocycles. The number of likely N-dealkylation sites (tertiary alicyclic amines) is 1. The summed E-state index contributed by atoms with van der Waals surface area (Å²) in [5, 5.41) is 7.61. The van der Waals surface area contributed by atoms with Crippen molar-refractivity contribution in [1.82, 2.24) is 9.80 Å². The first-order chi connectivity index (χ1) is 10.1. The average molecular weight is 288 g/mol. The van der Waals surface area contributed by atoms with E-state index in [0.717, 1.165) is 25.9 Å². The molecule has 3 rings (SSSR count). The molecule has 0 saturated carbocycles. The fourth-order valence-electron chi connectivity index (χ4n) is 3.08. The van der Waals surface area contributed by atoms with E-state index >= 15 is 0 Å². The Morgan fingerprint density at radius 3 is 2.95 bits per heavy atom. The Morgan fingerprint density at radius 1 is 1.43 bits per heavy atom. The van der Waals surface area contributed by atoms with Crippen molar-refractivity contribution in [3.05, 3.63) is 23.5 Å². The number of hydrogen-bond donors (Lipinski definition) is 0. The van der Waals surface area contributed by atoms with Crippen molar-refractivity contribution in [3.63, 3.8) is 0 Å². The minimum Gasteiger partial charge on any atom is -0.353 e. The Kier molecular flexibility index (Phi) is 3.61. The minimum atomic E-state index is -0.509. The molecule has 2 atom stereocenters. The Labute approximate surface area is 124 Å². The number of carbonyl (C=O) groups is 2. The zero-order valence-corrected chi connectivity index (χ0v) is 12.5. The maximum Gasteiger partial charge on any atom is 0.295 e. The highest BCUT2D eigenvalue weighted by Crippen LogP contribution is 2.30. The molecule has 0 radical (unpaired) electrons. The molecular formula is C15H20N4O2. The van der Waals surface area contributed by atoms with Crippen molar-refractivity contribution >= 4 is 11.8 Å². The second-order valence-corrected chi connectivity index (χ2v) is 5.92.